The Bertz CT molecular complexity index is 1000. The average molecular weight is 473 g/mol. The highest BCUT2D eigenvalue weighted by Gasteiger charge is 2.51. The van der Waals surface area contributed by atoms with E-state index in [1.807, 2.05) is 39.5 Å². The number of rotatable bonds is 6. The lowest BCUT2D eigenvalue weighted by Gasteiger charge is -2.47. The molecule has 0 spiro atoms. The Morgan fingerprint density at radius 3 is 2.53 bits per heavy atom. The van der Waals surface area contributed by atoms with Gasteiger partial charge in [0.1, 0.15) is 11.9 Å². The van der Waals surface area contributed by atoms with Gasteiger partial charge in [0, 0.05) is 25.1 Å². The number of carbonyl (C=O) groups excluding carboxylic acids is 1. The number of nitriles is 1. The summed E-state index contributed by atoms with van der Waals surface area (Å²) in [6.45, 7) is 12.9. The van der Waals surface area contributed by atoms with Crippen molar-refractivity contribution in [2.24, 2.45) is 0 Å². The summed E-state index contributed by atoms with van der Waals surface area (Å²) in [7, 11) is 0. The summed E-state index contributed by atoms with van der Waals surface area (Å²) >= 11 is 0. The first-order valence-electron chi connectivity index (χ1n) is 12.0. The van der Waals surface area contributed by atoms with Crippen LogP contribution in [0.5, 0.6) is 0 Å². The second-order valence-corrected chi connectivity index (χ2v) is 10.0. The molecule has 0 aliphatic carbocycles. The van der Waals surface area contributed by atoms with Gasteiger partial charge in [0.2, 0.25) is 0 Å². The standard InChI is InChI=1S/C25H36N4O5/c1-7-11-33-23(32)29-10-9-28(15-25(29,8-2)22(30)31)21-18(13-26)17-12-24(5,6)34-14-19(17)20(27-21)16(3)4/h16H,7-12,14-15H2,1-6H3,(H,30,31). The summed E-state index contributed by atoms with van der Waals surface area (Å²) in [5.41, 5.74) is 1.32. The molecule has 9 nitrogen and oxygen atoms in total. The van der Waals surface area contributed by atoms with Crippen molar-refractivity contribution >= 4 is 17.9 Å². The van der Waals surface area contributed by atoms with Crippen molar-refractivity contribution in [3.8, 4) is 6.07 Å². The fourth-order valence-corrected chi connectivity index (χ4v) is 4.87. The van der Waals surface area contributed by atoms with Crippen molar-refractivity contribution < 1.29 is 24.2 Å². The van der Waals surface area contributed by atoms with Crippen LogP contribution >= 0.6 is 0 Å². The first-order chi connectivity index (χ1) is 16.0. The summed E-state index contributed by atoms with van der Waals surface area (Å²) in [6.07, 6.45) is 0.804. The third-order valence-corrected chi connectivity index (χ3v) is 6.79. The van der Waals surface area contributed by atoms with Crippen LogP contribution in [0.15, 0.2) is 0 Å². The maximum Gasteiger partial charge on any atom is 0.410 e. The van der Waals surface area contributed by atoms with E-state index in [9.17, 15) is 20.0 Å². The number of hydrogen-bond acceptors (Lipinski definition) is 7. The van der Waals surface area contributed by atoms with Gasteiger partial charge < -0.3 is 19.5 Å². The minimum atomic E-state index is -1.48. The number of amides is 1. The lowest BCUT2D eigenvalue weighted by atomic mass is 9.85. The first-order valence-corrected chi connectivity index (χ1v) is 12.0. The summed E-state index contributed by atoms with van der Waals surface area (Å²) in [5, 5.41) is 20.4. The van der Waals surface area contributed by atoms with Crippen molar-refractivity contribution in [2.45, 2.75) is 84.5 Å². The first kappa shape index (κ1) is 25.8. The molecule has 186 valence electrons. The highest BCUT2D eigenvalue weighted by atomic mass is 16.6. The molecule has 1 fully saturated rings. The predicted octanol–water partition coefficient (Wildman–Crippen LogP) is 3.83. The molecule has 1 N–H and O–H groups in total. The maximum absolute atomic E-state index is 12.7. The number of fused-ring (bicyclic) bond motifs is 1. The smallest absolute Gasteiger partial charge is 0.410 e. The Balaban J connectivity index is 2.10. The van der Waals surface area contributed by atoms with Crippen molar-refractivity contribution in [3.05, 3.63) is 22.4 Å². The number of anilines is 1. The van der Waals surface area contributed by atoms with Crippen LogP contribution in [0.1, 0.15) is 82.7 Å². The van der Waals surface area contributed by atoms with Crippen LogP contribution in [0.2, 0.25) is 0 Å². The van der Waals surface area contributed by atoms with Gasteiger partial charge in [0.25, 0.3) is 0 Å². The van der Waals surface area contributed by atoms with E-state index in [1.54, 1.807) is 6.92 Å². The van der Waals surface area contributed by atoms with Gasteiger partial charge in [-0.1, -0.05) is 27.7 Å². The molecule has 1 aromatic rings. The van der Waals surface area contributed by atoms with E-state index in [0.29, 0.717) is 37.4 Å². The molecule has 1 amide bonds. The molecule has 0 saturated carbocycles. The topological polar surface area (TPSA) is 116 Å². The van der Waals surface area contributed by atoms with E-state index < -0.39 is 23.2 Å². The number of ether oxygens (including phenoxy) is 2. The maximum atomic E-state index is 12.7. The van der Waals surface area contributed by atoms with E-state index in [2.05, 4.69) is 6.07 Å². The van der Waals surface area contributed by atoms with Gasteiger partial charge in [-0.3, -0.25) is 4.90 Å². The molecule has 34 heavy (non-hydrogen) atoms. The SMILES string of the molecule is CCCOC(=O)N1CCN(c2nc(C(C)C)c3c(c2C#N)CC(C)(C)OC3)CC1(CC)C(=O)O. The summed E-state index contributed by atoms with van der Waals surface area (Å²) in [5.74, 6) is -0.502. The number of hydrogen-bond donors (Lipinski definition) is 1. The third kappa shape index (κ3) is 4.56. The number of pyridine rings is 1. The lowest BCUT2D eigenvalue weighted by molar-refractivity contribution is -0.151. The fourth-order valence-electron chi connectivity index (χ4n) is 4.87. The molecule has 1 unspecified atom stereocenters. The number of carboxylic acid groups (broad SMARTS) is 1. The lowest BCUT2D eigenvalue weighted by Crippen LogP contribution is -2.68. The number of piperazine rings is 1. The van der Waals surface area contributed by atoms with Crippen molar-refractivity contribution in [3.63, 3.8) is 0 Å². The Labute approximate surface area is 201 Å². The van der Waals surface area contributed by atoms with Crippen LogP contribution in [0.3, 0.4) is 0 Å². The number of aliphatic carboxylic acids is 1. The fraction of sp³-hybridized carbons (Fsp3) is 0.680. The Kier molecular flexibility index (Phi) is 7.41. The zero-order chi connectivity index (χ0) is 25.3. The van der Waals surface area contributed by atoms with Crippen molar-refractivity contribution in [1.29, 1.82) is 5.26 Å². The molecule has 3 rings (SSSR count). The van der Waals surface area contributed by atoms with Crippen LogP contribution in [0, 0.1) is 11.3 Å². The second-order valence-electron chi connectivity index (χ2n) is 10.0. The Morgan fingerprint density at radius 2 is 1.97 bits per heavy atom. The molecule has 0 bridgehead atoms. The van der Waals surface area contributed by atoms with Crippen molar-refractivity contribution in [1.82, 2.24) is 9.88 Å². The third-order valence-electron chi connectivity index (χ3n) is 6.79. The van der Waals surface area contributed by atoms with Crippen LogP contribution < -0.4 is 4.90 Å². The molecule has 0 radical (unpaired) electrons. The van der Waals surface area contributed by atoms with Gasteiger partial charge in [0.05, 0.1) is 36.6 Å². The average Bonchev–Trinajstić information content (AvgIpc) is 2.79. The molecule has 1 atom stereocenters. The van der Waals surface area contributed by atoms with Gasteiger partial charge >= 0.3 is 12.1 Å². The number of carbonyl (C=O) groups is 2. The van der Waals surface area contributed by atoms with E-state index in [-0.39, 0.29) is 32.0 Å². The van der Waals surface area contributed by atoms with E-state index in [0.717, 1.165) is 16.8 Å². The molecule has 0 aromatic carbocycles. The van der Waals surface area contributed by atoms with Crippen LogP contribution in [0.25, 0.3) is 0 Å². The predicted molar refractivity (Wildman–Crippen MR) is 127 cm³/mol. The quantitative estimate of drug-likeness (QED) is 0.664. The van der Waals surface area contributed by atoms with Crippen LogP contribution in [-0.4, -0.2) is 64.4 Å². The number of carboxylic acids is 1. The van der Waals surface area contributed by atoms with Gasteiger partial charge in [-0.15, -0.1) is 0 Å². The molecule has 1 aromatic heterocycles. The van der Waals surface area contributed by atoms with Gasteiger partial charge in [-0.25, -0.2) is 14.6 Å². The summed E-state index contributed by atoms with van der Waals surface area (Å²) in [4.78, 5) is 33.4. The molecule has 2 aliphatic heterocycles. The van der Waals surface area contributed by atoms with Crippen LogP contribution in [-0.2, 0) is 27.3 Å². The molecule has 2 aliphatic rings. The normalized spacial score (nSPS) is 21.7. The minimum Gasteiger partial charge on any atom is -0.479 e. The largest absolute Gasteiger partial charge is 0.479 e. The van der Waals surface area contributed by atoms with E-state index in [1.165, 1.54) is 4.90 Å². The van der Waals surface area contributed by atoms with E-state index >= 15 is 0 Å². The minimum absolute atomic E-state index is 0.0257. The van der Waals surface area contributed by atoms with Crippen LogP contribution in [0.4, 0.5) is 10.6 Å². The molecule has 9 heteroatoms. The zero-order valence-electron chi connectivity index (χ0n) is 21.1. The van der Waals surface area contributed by atoms with Gasteiger partial charge in [-0.2, -0.15) is 5.26 Å². The highest BCUT2D eigenvalue weighted by molar-refractivity contribution is 5.86. The Morgan fingerprint density at radius 1 is 1.26 bits per heavy atom. The number of aromatic nitrogens is 1. The Hall–Kier alpha value is -2.86. The summed E-state index contributed by atoms with van der Waals surface area (Å²) in [6, 6.07) is 2.35. The number of nitrogens with zero attached hydrogens (tertiary/aromatic N) is 4. The molecule has 3 heterocycles. The highest BCUT2D eigenvalue weighted by Crippen LogP contribution is 2.39. The molecule has 1 saturated heterocycles. The van der Waals surface area contributed by atoms with E-state index in [4.69, 9.17) is 14.5 Å². The molecular formula is C25H36N4O5. The monoisotopic (exact) mass is 472 g/mol. The van der Waals surface area contributed by atoms with Gasteiger partial charge in [-0.05, 0) is 38.2 Å². The van der Waals surface area contributed by atoms with Crippen molar-refractivity contribution in [2.75, 3.05) is 31.1 Å². The second kappa shape index (κ2) is 9.79. The van der Waals surface area contributed by atoms with Gasteiger partial charge in [0.15, 0.2) is 5.54 Å². The summed E-state index contributed by atoms with van der Waals surface area (Å²) < 4.78 is 11.3. The molecular weight excluding hydrogens is 436 g/mol. The zero-order valence-corrected chi connectivity index (χ0v) is 21.1.